The molecule has 33 heavy (non-hydrogen) atoms. The minimum Gasteiger partial charge on any atom is -0.507 e. The van der Waals surface area contributed by atoms with Crippen LogP contribution in [0.15, 0.2) is 59.6 Å². The molecule has 1 N–H and O–H groups in total. The van der Waals surface area contributed by atoms with Crippen molar-refractivity contribution in [1.29, 1.82) is 0 Å². The number of benzene rings is 2. The predicted octanol–water partition coefficient (Wildman–Crippen LogP) is 4.66. The molecule has 2 aromatic carbocycles. The lowest BCUT2D eigenvalue weighted by atomic mass is 9.93. The predicted molar refractivity (Wildman–Crippen MR) is 125 cm³/mol. The first kappa shape index (κ1) is 21.2. The molecule has 0 spiro atoms. The molecule has 1 aromatic heterocycles. The second-order valence-electron chi connectivity index (χ2n) is 8.16. The Morgan fingerprint density at radius 3 is 2.48 bits per heavy atom. The molecule has 1 unspecified atom stereocenters. The van der Waals surface area contributed by atoms with Gasteiger partial charge in [-0.05, 0) is 35.2 Å². The maximum absolute atomic E-state index is 13.2. The highest BCUT2D eigenvalue weighted by atomic mass is 32.1. The van der Waals surface area contributed by atoms with Gasteiger partial charge in [0, 0.05) is 17.1 Å². The number of ether oxygens (including phenoxy) is 2. The van der Waals surface area contributed by atoms with E-state index in [0.29, 0.717) is 46.9 Å². The number of fused-ring (bicyclic) bond motifs is 1. The van der Waals surface area contributed by atoms with Crippen LogP contribution in [0.2, 0.25) is 0 Å². The summed E-state index contributed by atoms with van der Waals surface area (Å²) in [4.78, 5) is 31.9. The van der Waals surface area contributed by atoms with Crippen molar-refractivity contribution in [2.24, 2.45) is 0 Å². The number of aliphatic hydroxyl groups excluding tert-OH is 1. The van der Waals surface area contributed by atoms with Crippen molar-refractivity contribution in [2.75, 3.05) is 18.1 Å². The number of hydrogen-bond donors (Lipinski definition) is 1. The summed E-state index contributed by atoms with van der Waals surface area (Å²) < 4.78 is 11.2. The molecule has 7 nitrogen and oxygen atoms in total. The van der Waals surface area contributed by atoms with Gasteiger partial charge < -0.3 is 14.6 Å². The lowest BCUT2D eigenvalue weighted by molar-refractivity contribution is -0.132. The molecule has 3 aromatic rings. The van der Waals surface area contributed by atoms with Gasteiger partial charge in [0.1, 0.15) is 19.0 Å². The Kier molecular flexibility index (Phi) is 5.38. The van der Waals surface area contributed by atoms with Crippen LogP contribution >= 0.6 is 11.3 Å². The van der Waals surface area contributed by atoms with Crippen molar-refractivity contribution in [3.63, 3.8) is 0 Å². The summed E-state index contributed by atoms with van der Waals surface area (Å²) in [6.45, 7) is 5.04. The Hall–Kier alpha value is -3.65. The molecule has 2 aliphatic rings. The highest BCUT2D eigenvalue weighted by molar-refractivity contribution is 7.14. The Balaban J connectivity index is 1.66. The van der Waals surface area contributed by atoms with Crippen LogP contribution in [-0.4, -0.2) is 35.0 Å². The largest absolute Gasteiger partial charge is 0.507 e. The average Bonchev–Trinajstić information content (AvgIpc) is 3.45. The maximum atomic E-state index is 13.2. The van der Waals surface area contributed by atoms with Crippen molar-refractivity contribution < 1.29 is 24.2 Å². The third-order valence-electron chi connectivity index (χ3n) is 5.80. The van der Waals surface area contributed by atoms with Gasteiger partial charge in [-0.15, -0.1) is 11.3 Å². The number of hydrogen-bond acceptors (Lipinski definition) is 7. The molecule has 2 aliphatic heterocycles. The van der Waals surface area contributed by atoms with Crippen molar-refractivity contribution in [3.05, 3.63) is 76.3 Å². The van der Waals surface area contributed by atoms with Gasteiger partial charge in [0.2, 0.25) is 0 Å². The van der Waals surface area contributed by atoms with E-state index < -0.39 is 17.7 Å². The normalized spacial score (nSPS) is 19.4. The van der Waals surface area contributed by atoms with E-state index in [1.807, 2.05) is 24.3 Å². The summed E-state index contributed by atoms with van der Waals surface area (Å²) in [5, 5.41) is 13.4. The molecule has 168 valence electrons. The molecule has 8 heteroatoms. The number of aliphatic hydroxyl groups is 1. The standard InChI is InChI=1S/C25H22N2O5S/c1-14(2)15-3-5-16(6-4-15)21-20(23(29)24(30)27(21)25-26-9-12-33-25)22(28)17-7-8-18-19(13-17)32-11-10-31-18/h3-9,12-14,21,28H,10-11H2,1-2H3. The van der Waals surface area contributed by atoms with Crippen molar-refractivity contribution in [1.82, 2.24) is 4.98 Å². The van der Waals surface area contributed by atoms with E-state index in [1.165, 1.54) is 16.2 Å². The Labute approximate surface area is 194 Å². The van der Waals surface area contributed by atoms with Gasteiger partial charge in [0.05, 0.1) is 11.6 Å². The highest BCUT2D eigenvalue weighted by Gasteiger charge is 2.48. The smallest absolute Gasteiger partial charge is 0.301 e. The van der Waals surface area contributed by atoms with Crippen LogP contribution in [0.5, 0.6) is 11.5 Å². The lowest BCUT2D eigenvalue weighted by Gasteiger charge is -2.23. The first-order chi connectivity index (χ1) is 16.0. The summed E-state index contributed by atoms with van der Waals surface area (Å²) in [7, 11) is 0. The fourth-order valence-electron chi connectivity index (χ4n) is 4.09. The van der Waals surface area contributed by atoms with Crippen LogP contribution in [0.1, 0.15) is 42.5 Å². The molecule has 1 atom stereocenters. The first-order valence-corrected chi connectivity index (χ1v) is 11.5. The molecular formula is C25H22N2O5S. The van der Waals surface area contributed by atoms with Gasteiger partial charge in [-0.3, -0.25) is 14.5 Å². The number of carbonyl (C=O) groups is 2. The number of amides is 1. The van der Waals surface area contributed by atoms with E-state index in [9.17, 15) is 14.7 Å². The van der Waals surface area contributed by atoms with Gasteiger partial charge >= 0.3 is 5.91 Å². The lowest BCUT2D eigenvalue weighted by Crippen LogP contribution is -2.29. The summed E-state index contributed by atoms with van der Waals surface area (Å²) in [5.41, 5.74) is 2.24. The van der Waals surface area contributed by atoms with E-state index in [-0.39, 0.29) is 11.3 Å². The van der Waals surface area contributed by atoms with E-state index in [4.69, 9.17) is 9.47 Å². The zero-order valence-electron chi connectivity index (χ0n) is 18.1. The van der Waals surface area contributed by atoms with Crippen LogP contribution in [-0.2, 0) is 9.59 Å². The average molecular weight is 463 g/mol. The zero-order chi connectivity index (χ0) is 23.1. The van der Waals surface area contributed by atoms with Crippen molar-refractivity contribution in [2.45, 2.75) is 25.8 Å². The number of Topliss-reactive ketones (excluding diaryl/α,β-unsaturated/α-hetero) is 1. The minimum absolute atomic E-state index is 0.0178. The monoisotopic (exact) mass is 462 g/mol. The molecule has 1 saturated heterocycles. The van der Waals surface area contributed by atoms with E-state index in [0.717, 1.165) is 5.56 Å². The van der Waals surface area contributed by atoms with Gasteiger partial charge in [0.15, 0.2) is 16.6 Å². The topological polar surface area (TPSA) is 89.0 Å². The molecule has 5 rings (SSSR count). The Morgan fingerprint density at radius 2 is 1.82 bits per heavy atom. The van der Waals surface area contributed by atoms with E-state index in [1.54, 1.807) is 29.8 Å². The summed E-state index contributed by atoms with van der Waals surface area (Å²) in [6.07, 6.45) is 1.58. The third kappa shape index (κ3) is 3.66. The second kappa shape index (κ2) is 8.37. The Morgan fingerprint density at radius 1 is 1.09 bits per heavy atom. The number of aromatic nitrogens is 1. The quantitative estimate of drug-likeness (QED) is 0.345. The maximum Gasteiger partial charge on any atom is 0.301 e. The van der Waals surface area contributed by atoms with Crippen LogP contribution in [0.4, 0.5) is 5.13 Å². The van der Waals surface area contributed by atoms with E-state index in [2.05, 4.69) is 18.8 Å². The highest BCUT2D eigenvalue weighted by Crippen LogP contribution is 2.43. The number of carbonyl (C=O) groups excluding carboxylic acids is 2. The fraction of sp³-hybridized carbons (Fsp3) is 0.240. The van der Waals surface area contributed by atoms with Gasteiger partial charge in [-0.25, -0.2) is 4.98 Å². The molecule has 0 bridgehead atoms. The number of rotatable bonds is 4. The van der Waals surface area contributed by atoms with Gasteiger partial charge in [-0.2, -0.15) is 0 Å². The number of ketones is 1. The molecule has 0 saturated carbocycles. The fourth-order valence-corrected chi connectivity index (χ4v) is 4.76. The first-order valence-electron chi connectivity index (χ1n) is 10.7. The minimum atomic E-state index is -0.800. The SMILES string of the molecule is CC(C)c1ccc(C2C(=C(O)c3ccc4c(c3)OCCO4)C(=O)C(=O)N2c2nccs2)cc1. The van der Waals surface area contributed by atoms with E-state index >= 15 is 0 Å². The van der Waals surface area contributed by atoms with Gasteiger partial charge in [-0.1, -0.05) is 38.1 Å². The van der Waals surface area contributed by atoms with Crippen molar-refractivity contribution >= 4 is 33.9 Å². The number of anilines is 1. The molecular weight excluding hydrogens is 440 g/mol. The zero-order valence-corrected chi connectivity index (χ0v) is 19.0. The summed E-state index contributed by atoms with van der Waals surface area (Å²) >= 11 is 1.26. The molecule has 1 fully saturated rings. The molecule has 3 heterocycles. The van der Waals surface area contributed by atoms with Crippen LogP contribution in [0, 0.1) is 0 Å². The van der Waals surface area contributed by atoms with Gasteiger partial charge in [0.25, 0.3) is 5.78 Å². The molecule has 0 aliphatic carbocycles. The number of thiazole rings is 1. The summed E-state index contributed by atoms with van der Waals surface area (Å²) in [5.74, 6) is -0.346. The van der Waals surface area contributed by atoms with Crippen molar-refractivity contribution in [3.8, 4) is 11.5 Å². The number of nitrogens with zero attached hydrogens (tertiary/aromatic N) is 2. The van der Waals surface area contributed by atoms with Crippen LogP contribution in [0.3, 0.4) is 0 Å². The third-order valence-corrected chi connectivity index (χ3v) is 6.57. The van der Waals surface area contributed by atoms with Crippen LogP contribution in [0.25, 0.3) is 5.76 Å². The van der Waals surface area contributed by atoms with Crippen LogP contribution < -0.4 is 14.4 Å². The second-order valence-corrected chi connectivity index (χ2v) is 9.04. The molecule has 1 amide bonds. The Bertz CT molecular complexity index is 1250. The molecule has 0 radical (unpaired) electrons. The summed E-state index contributed by atoms with van der Waals surface area (Å²) in [6, 6.07) is 11.9.